The SMILES string of the molecule is COc1ccc(/C=N/NC(=O)Nc2ccc(Br)c(C)c2)c2ccccc12. The number of urea groups is 1. The Bertz CT molecular complexity index is 986. The maximum absolute atomic E-state index is 12.0. The molecule has 6 heteroatoms. The van der Waals surface area contributed by atoms with Gasteiger partial charge in [-0.1, -0.05) is 40.2 Å². The van der Waals surface area contributed by atoms with E-state index in [0.29, 0.717) is 5.69 Å². The summed E-state index contributed by atoms with van der Waals surface area (Å²) in [4.78, 5) is 12.0. The first-order chi connectivity index (χ1) is 12.6. The number of nitrogens with zero attached hydrogens (tertiary/aromatic N) is 1. The zero-order valence-corrected chi connectivity index (χ0v) is 16.0. The van der Waals surface area contributed by atoms with Crippen molar-refractivity contribution in [1.82, 2.24) is 5.43 Å². The van der Waals surface area contributed by atoms with Crippen molar-refractivity contribution < 1.29 is 9.53 Å². The molecule has 0 aromatic heterocycles. The Morgan fingerprint density at radius 1 is 1.12 bits per heavy atom. The molecule has 0 aliphatic rings. The fourth-order valence-electron chi connectivity index (χ4n) is 2.63. The average Bonchev–Trinajstić information content (AvgIpc) is 2.65. The van der Waals surface area contributed by atoms with Gasteiger partial charge in [-0.15, -0.1) is 0 Å². The monoisotopic (exact) mass is 411 g/mol. The first-order valence-corrected chi connectivity index (χ1v) is 8.80. The molecule has 0 aliphatic heterocycles. The summed E-state index contributed by atoms with van der Waals surface area (Å²) in [6.45, 7) is 1.96. The molecule has 0 unspecified atom stereocenters. The van der Waals surface area contributed by atoms with Crippen molar-refractivity contribution in [3.63, 3.8) is 0 Å². The second kappa shape index (κ2) is 8.01. The van der Waals surface area contributed by atoms with Gasteiger partial charge in [0.2, 0.25) is 0 Å². The van der Waals surface area contributed by atoms with Gasteiger partial charge in [0.25, 0.3) is 0 Å². The quantitative estimate of drug-likeness (QED) is 0.464. The number of nitrogens with one attached hydrogen (secondary N) is 2. The van der Waals surface area contributed by atoms with E-state index in [1.807, 2.05) is 61.5 Å². The zero-order valence-electron chi connectivity index (χ0n) is 14.4. The van der Waals surface area contributed by atoms with Crippen LogP contribution in [0.4, 0.5) is 10.5 Å². The Labute approximate surface area is 160 Å². The van der Waals surface area contributed by atoms with E-state index in [9.17, 15) is 4.79 Å². The lowest BCUT2D eigenvalue weighted by Crippen LogP contribution is -2.24. The molecular weight excluding hydrogens is 394 g/mol. The van der Waals surface area contributed by atoms with Crippen molar-refractivity contribution in [1.29, 1.82) is 0 Å². The molecule has 0 fully saturated rings. The number of hydrogen-bond acceptors (Lipinski definition) is 3. The summed E-state index contributed by atoms with van der Waals surface area (Å²) in [6.07, 6.45) is 1.62. The fourth-order valence-corrected chi connectivity index (χ4v) is 2.87. The lowest BCUT2D eigenvalue weighted by molar-refractivity contribution is 0.252. The number of benzene rings is 3. The Morgan fingerprint density at radius 2 is 1.88 bits per heavy atom. The number of halogens is 1. The maximum atomic E-state index is 12.0. The van der Waals surface area contributed by atoms with E-state index in [0.717, 1.165) is 32.1 Å². The van der Waals surface area contributed by atoms with Gasteiger partial charge >= 0.3 is 6.03 Å². The highest BCUT2D eigenvalue weighted by Crippen LogP contribution is 2.27. The van der Waals surface area contributed by atoms with Gasteiger partial charge in [0.15, 0.2) is 0 Å². The van der Waals surface area contributed by atoms with Gasteiger partial charge in [-0.2, -0.15) is 5.10 Å². The van der Waals surface area contributed by atoms with Crippen LogP contribution in [0, 0.1) is 6.92 Å². The summed E-state index contributed by atoms with van der Waals surface area (Å²) in [5, 5.41) is 8.79. The number of ether oxygens (including phenoxy) is 1. The Kier molecular flexibility index (Phi) is 5.53. The van der Waals surface area contributed by atoms with Crippen molar-refractivity contribution in [2.45, 2.75) is 6.92 Å². The minimum absolute atomic E-state index is 0.402. The molecule has 0 spiro atoms. The minimum atomic E-state index is -0.402. The van der Waals surface area contributed by atoms with E-state index in [1.165, 1.54) is 0 Å². The first-order valence-electron chi connectivity index (χ1n) is 8.00. The Balaban J connectivity index is 1.71. The van der Waals surface area contributed by atoms with Crippen molar-refractivity contribution in [2.24, 2.45) is 5.10 Å². The largest absolute Gasteiger partial charge is 0.496 e. The summed E-state index contributed by atoms with van der Waals surface area (Å²) in [5.41, 5.74) is 5.11. The molecule has 132 valence electrons. The van der Waals surface area contributed by atoms with Crippen LogP contribution in [0.3, 0.4) is 0 Å². The van der Waals surface area contributed by atoms with Crippen LogP contribution in [-0.2, 0) is 0 Å². The Morgan fingerprint density at radius 3 is 2.62 bits per heavy atom. The van der Waals surface area contributed by atoms with Crippen molar-refractivity contribution in [3.05, 3.63) is 70.2 Å². The predicted molar refractivity (Wildman–Crippen MR) is 109 cm³/mol. The van der Waals surface area contributed by atoms with Crippen molar-refractivity contribution >= 4 is 44.6 Å². The highest BCUT2D eigenvalue weighted by molar-refractivity contribution is 9.10. The number of anilines is 1. The molecule has 0 bridgehead atoms. The number of fused-ring (bicyclic) bond motifs is 1. The van der Waals surface area contributed by atoms with Crippen LogP contribution in [-0.4, -0.2) is 19.4 Å². The van der Waals surface area contributed by atoms with Crippen LogP contribution in [0.25, 0.3) is 10.8 Å². The highest BCUT2D eigenvalue weighted by Gasteiger charge is 2.05. The van der Waals surface area contributed by atoms with Gasteiger partial charge < -0.3 is 10.1 Å². The van der Waals surface area contributed by atoms with Gasteiger partial charge in [-0.3, -0.25) is 0 Å². The Hall–Kier alpha value is -2.86. The van der Waals surface area contributed by atoms with Gasteiger partial charge in [0.05, 0.1) is 13.3 Å². The summed E-state index contributed by atoms with van der Waals surface area (Å²) in [5.74, 6) is 0.800. The smallest absolute Gasteiger partial charge is 0.339 e. The zero-order chi connectivity index (χ0) is 18.5. The summed E-state index contributed by atoms with van der Waals surface area (Å²) in [6, 6.07) is 16.9. The standard InChI is InChI=1S/C20H18BrN3O2/c1-13-11-15(8-9-18(13)21)23-20(25)24-22-12-14-7-10-19(26-2)17-6-4-3-5-16(14)17/h3-12H,1-2H3,(H2,23,24,25)/b22-12+. The third-order valence-electron chi connectivity index (χ3n) is 3.92. The first kappa shape index (κ1) is 17.9. The minimum Gasteiger partial charge on any atom is -0.496 e. The summed E-state index contributed by atoms with van der Waals surface area (Å²) < 4.78 is 6.38. The van der Waals surface area contributed by atoms with Crippen LogP contribution in [0.5, 0.6) is 5.75 Å². The third kappa shape index (κ3) is 4.03. The number of amides is 2. The molecule has 3 aromatic rings. The molecule has 0 aliphatic carbocycles. The lowest BCUT2D eigenvalue weighted by Gasteiger charge is -2.08. The van der Waals surface area contributed by atoms with Gasteiger partial charge in [0, 0.05) is 21.1 Å². The molecule has 3 aromatic carbocycles. The maximum Gasteiger partial charge on any atom is 0.339 e. The topological polar surface area (TPSA) is 62.7 Å². The van der Waals surface area contributed by atoms with Crippen LogP contribution < -0.4 is 15.5 Å². The molecule has 0 atom stereocenters. The van der Waals surface area contributed by atoms with E-state index < -0.39 is 6.03 Å². The molecule has 0 heterocycles. The summed E-state index contributed by atoms with van der Waals surface area (Å²) >= 11 is 3.43. The average molecular weight is 412 g/mol. The predicted octanol–water partition coefficient (Wildman–Crippen LogP) is 5.07. The molecule has 26 heavy (non-hydrogen) atoms. The third-order valence-corrected chi connectivity index (χ3v) is 4.81. The molecule has 3 rings (SSSR count). The number of aryl methyl sites for hydroxylation is 1. The van der Waals surface area contributed by atoms with Crippen molar-refractivity contribution in [2.75, 3.05) is 12.4 Å². The van der Waals surface area contributed by atoms with E-state index in [-0.39, 0.29) is 0 Å². The number of hydrazone groups is 1. The molecule has 0 saturated carbocycles. The van der Waals surface area contributed by atoms with Gasteiger partial charge in [-0.25, -0.2) is 10.2 Å². The lowest BCUT2D eigenvalue weighted by atomic mass is 10.0. The second-order valence-corrected chi connectivity index (χ2v) is 6.55. The number of methoxy groups -OCH3 is 1. The number of rotatable bonds is 4. The van der Waals surface area contributed by atoms with Crippen LogP contribution in [0.15, 0.2) is 64.2 Å². The number of carbonyl (C=O) groups is 1. The van der Waals surface area contributed by atoms with Crippen LogP contribution >= 0.6 is 15.9 Å². The van der Waals surface area contributed by atoms with E-state index in [2.05, 4.69) is 31.8 Å². The molecular formula is C20H18BrN3O2. The fraction of sp³-hybridized carbons (Fsp3) is 0.100. The molecule has 5 nitrogen and oxygen atoms in total. The van der Waals surface area contributed by atoms with E-state index in [4.69, 9.17) is 4.74 Å². The second-order valence-electron chi connectivity index (χ2n) is 5.69. The van der Waals surface area contributed by atoms with Gasteiger partial charge in [-0.05, 0) is 48.2 Å². The van der Waals surface area contributed by atoms with Crippen LogP contribution in [0.1, 0.15) is 11.1 Å². The number of carbonyl (C=O) groups excluding carboxylic acids is 1. The van der Waals surface area contributed by atoms with Crippen molar-refractivity contribution in [3.8, 4) is 5.75 Å². The van der Waals surface area contributed by atoms with E-state index in [1.54, 1.807) is 13.3 Å². The normalized spacial score (nSPS) is 10.9. The van der Waals surface area contributed by atoms with Gasteiger partial charge in [0.1, 0.15) is 5.75 Å². The molecule has 2 amide bonds. The molecule has 0 saturated heterocycles. The highest BCUT2D eigenvalue weighted by atomic mass is 79.9. The van der Waals surface area contributed by atoms with Crippen LogP contribution in [0.2, 0.25) is 0 Å². The molecule has 0 radical (unpaired) electrons. The van der Waals surface area contributed by atoms with E-state index >= 15 is 0 Å². The molecule has 2 N–H and O–H groups in total. The summed E-state index contributed by atoms with van der Waals surface area (Å²) in [7, 11) is 1.64. The number of hydrogen-bond donors (Lipinski definition) is 2.